The lowest BCUT2D eigenvalue weighted by Gasteiger charge is -2.06. The average Bonchev–Trinajstić information content (AvgIpc) is 2.97. The average molecular weight is 416 g/mol. The van der Waals surface area contributed by atoms with Crippen LogP contribution in [0.4, 0.5) is 5.69 Å². The summed E-state index contributed by atoms with van der Waals surface area (Å²) in [4.78, 5) is 38.1. The van der Waals surface area contributed by atoms with Gasteiger partial charge < -0.3 is 20.8 Å². The van der Waals surface area contributed by atoms with E-state index < -0.39 is 24.4 Å². The summed E-state index contributed by atoms with van der Waals surface area (Å²) in [6.07, 6.45) is 0. The third-order valence-corrected chi connectivity index (χ3v) is 4.46. The maximum atomic E-state index is 12.2. The van der Waals surface area contributed by atoms with Gasteiger partial charge in [-0.05, 0) is 46.3 Å². The number of carbonyl (C=O) groups excluding carboxylic acids is 3. The Balaban J connectivity index is 1.60. The van der Waals surface area contributed by atoms with Crippen LogP contribution >= 0.6 is 15.9 Å². The highest BCUT2D eigenvalue weighted by Crippen LogP contribution is 2.28. The number of anilines is 1. The van der Waals surface area contributed by atoms with Crippen LogP contribution in [-0.4, -0.2) is 29.4 Å². The van der Waals surface area contributed by atoms with E-state index in [2.05, 4.69) is 26.2 Å². The van der Waals surface area contributed by atoms with Crippen molar-refractivity contribution in [2.75, 3.05) is 11.9 Å². The highest BCUT2D eigenvalue weighted by molar-refractivity contribution is 9.10. The summed E-state index contributed by atoms with van der Waals surface area (Å²) in [5.41, 5.74) is 6.97. The number of hydrogen-bond donors (Lipinski definition) is 3. The number of aromatic nitrogens is 1. The van der Waals surface area contributed by atoms with Gasteiger partial charge in [0.15, 0.2) is 6.61 Å². The van der Waals surface area contributed by atoms with Crippen molar-refractivity contribution in [3.63, 3.8) is 0 Å². The van der Waals surface area contributed by atoms with Crippen LogP contribution in [0, 0.1) is 0 Å². The quantitative estimate of drug-likeness (QED) is 0.555. The molecule has 0 aliphatic heterocycles. The first kappa shape index (κ1) is 17.7. The van der Waals surface area contributed by atoms with Crippen LogP contribution in [0.3, 0.4) is 0 Å². The van der Waals surface area contributed by atoms with Crippen LogP contribution in [0.15, 0.2) is 53.0 Å². The fraction of sp³-hybridized carbons (Fsp3) is 0.0556. The van der Waals surface area contributed by atoms with Crippen molar-refractivity contribution >= 4 is 50.3 Å². The molecule has 4 N–H and O–H groups in total. The number of esters is 1. The minimum atomic E-state index is -0.646. The Morgan fingerprint density at radius 1 is 1.08 bits per heavy atom. The summed E-state index contributed by atoms with van der Waals surface area (Å²) < 4.78 is 5.63. The molecular formula is C18H14BrN3O4. The Kier molecular flexibility index (Phi) is 5.04. The number of nitrogens with one attached hydrogen (secondary N) is 2. The second kappa shape index (κ2) is 7.40. The maximum absolute atomic E-state index is 12.2. The van der Waals surface area contributed by atoms with Gasteiger partial charge in [-0.25, -0.2) is 4.79 Å². The first-order valence-electron chi connectivity index (χ1n) is 7.59. The van der Waals surface area contributed by atoms with Crippen LogP contribution in [-0.2, 0) is 9.53 Å². The van der Waals surface area contributed by atoms with E-state index in [1.165, 1.54) is 24.3 Å². The minimum absolute atomic E-state index is 0.241. The largest absolute Gasteiger partial charge is 0.451 e. The number of carbonyl (C=O) groups is 3. The van der Waals surface area contributed by atoms with E-state index in [0.717, 1.165) is 10.9 Å². The number of fused-ring (bicyclic) bond motifs is 1. The first-order chi connectivity index (χ1) is 12.5. The van der Waals surface area contributed by atoms with Crippen molar-refractivity contribution in [3.8, 4) is 0 Å². The van der Waals surface area contributed by atoms with Crippen LogP contribution in [0.2, 0.25) is 0 Å². The lowest BCUT2D eigenvalue weighted by Crippen LogP contribution is -2.21. The number of para-hydroxylation sites is 1. The van der Waals surface area contributed by atoms with Gasteiger partial charge in [-0.1, -0.05) is 18.2 Å². The van der Waals surface area contributed by atoms with E-state index in [1.54, 1.807) is 0 Å². The molecule has 0 fully saturated rings. The molecule has 2 amide bonds. The standard InChI is InChI=1S/C18H14BrN3O4/c19-15-12-3-1-2-4-13(12)22-16(15)18(25)26-9-14(23)21-11-7-5-10(6-8-11)17(20)24/h1-8,22H,9H2,(H2,20,24)(H,21,23). The molecule has 132 valence electrons. The van der Waals surface area contributed by atoms with Crippen molar-refractivity contribution in [1.29, 1.82) is 0 Å². The smallest absolute Gasteiger partial charge is 0.356 e. The summed E-state index contributed by atoms with van der Waals surface area (Å²) in [5, 5.41) is 3.41. The summed E-state index contributed by atoms with van der Waals surface area (Å²) in [5.74, 6) is -1.70. The fourth-order valence-corrected chi connectivity index (χ4v) is 2.97. The van der Waals surface area contributed by atoms with E-state index >= 15 is 0 Å². The molecule has 1 aromatic heterocycles. The Morgan fingerprint density at radius 2 is 1.77 bits per heavy atom. The lowest BCUT2D eigenvalue weighted by atomic mass is 10.2. The first-order valence-corrected chi connectivity index (χ1v) is 8.38. The molecule has 26 heavy (non-hydrogen) atoms. The molecule has 3 aromatic rings. The number of aromatic amines is 1. The highest BCUT2D eigenvalue weighted by atomic mass is 79.9. The summed E-state index contributed by atoms with van der Waals surface area (Å²) in [6.45, 7) is -0.446. The van der Waals surface area contributed by atoms with Crippen LogP contribution < -0.4 is 11.1 Å². The number of primary amides is 1. The Morgan fingerprint density at radius 3 is 2.42 bits per heavy atom. The molecule has 2 aromatic carbocycles. The van der Waals surface area contributed by atoms with E-state index in [1.807, 2.05) is 24.3 Å². The molecule has 0 spiro atoms. The van der Waals surface area contributed by atoms with Crippen molar-refractivity contribution in [2.45, 2.75) is 0 Å². The summed E-state index contributed by atoms with van der Waals surface area (Å²) in [7, 11) is 0. The van der Waals surface area contributed by atoms with Gasteiger partial charge in [0, 0.05) is 22.2 Å². The topological polar surface area (TPSA) is 114 Å². The number of amides is 2. The molecule has 0 saturated heterocycles. The van der Waals surface area contributed by atoms with Gasteiger partial charge in [0.2, 0.25) is 5.91 Å². The normalized spacial score (nSPS) is 10.5. The predicted molar refractivity (Wildman–Crippen MR) is 99.9 cm³/mol. The molecular weight excluding hydrogens is 402 g/mol. The third kappa shape index (κ3) is 3.75. The van der Waals surface area contributed by atoms with Gasteiger partial charge in [0.1, 0.15) is 5.69 Å². The zero-order chi connectivity index (χ0) is 18.7. The van der Waals surface area contributed by atoms with Gasteiger partial charge in [-0.3, -0.25) is 9.59 Å². The zero-order valence-corrected chi connectivity index (χ0v) is 15.0. The maximum Gasteiger partial charge on any atom is 0.356 e. The van der Waals surface area contributed by atoms with Gasteiger partial charge in [0.05, 0.1) is 4.47 Å². The SMILES string of the molecule is NC(=O)c1ccc(NC(=O)COC(=O)c2[nH]c3ccccc3c2Br)cc1. The number of benzene rings is 2. The zero-order valence-electron chi connectivity index (χ0n) is 13.4. The van der Waals surface area contributed by atoms with Gasteiger partial charge >= 0.3 is 5.97 Å². The molecule has 3 rings (SSSR count). The monoisotopic (exact) mass is 415 g/mol. The van der Waals surface area contributed by atoms with Crippen LogP contribution in [0.1, 0.15) is 20.8 Å². The molecule has 1 heterocycles. The molecule has 0 saturated carbocycles. The molecule has 0 radical (unpaired) electrons. The molecule has 0 unspecified atom stereocenters. The molecule has 0 atom stereocenters. The molecule has 0 aliphatic carbocycles. The number of H-pyrrole nitrogens is 1. The van der Waals surface area contributed by atoms with E-state index in [-0.39, 0.29) is 5.69 Å². The second-order valence-electron chi connectivity index (χ2n) is 5.43. The Labute approximate surface area is 156 Å². The number of rotatable bonds is 5. The Hall–Kier alpha value is -3.13. The Bertz CT molecular complexity index is 995. The van der Waals surface area contributed by atoms with Crippen molar-refractivity contribution in [3.05, 3.63) is 64.3 Å². The summed E-state index contributed by atoms with van der Waals surface area (Å²) in [6, 6.07) is 13.4. The molecule has 0 aliphatic rings. The van der Waals surface area contributed by atoms with E-state index in [9.17, 15) is 14.4 Å². The minimum Gasteiger partial charge on any atom is -0.451 e. The summed E-state index contributed by atoms with van der Waals surface area (Å²) >= 11 is 3.36. The van der Waals surface area contributed by atoms with Crippen molar-refractivity contribution in [1.82, 2.24) is 4.98 Å². The number of hydrogen-bond acceptors (Lipinski definition) is 4. The van der Waals surface area contributed by atoms with E-state index in [0.29, 0.717) is 15.7 Å². The number of nitrogens with two attached hydrogens (primary N) is 1. The van der Waals surface area contributed by atoms with Crippen molar-refractivity contribution in [2.24, 2.45) is 5.73 Å². The second-order valence-corrected chi connectivity index (χ2v) is 6.22. The van der Waals surface area contributed by atoms with Gasteiger partial charge in [-0.15, -0.1) is 0 Å². The predicted octanol–water partition coefficient (Wildman–Crippen LogP) is 2.82. The third-order valence-electron chi connectivity index (χ3n) is 3.63. The molecule has 7 nitrogen and oxygen atoms in total. The van der Waals surface area contributed by atoms with E-state index in [4.69, 9.17) is 10.5 Å². The molecule has 8 heteroatoms. The molecule has 0 bridgehead atoms. The van der Waals surface area contributed by atoms with Gasteiger partial charge in [-0.2, -0.15) is 0 Å². The van der Waals surface area contributed by atoms with Crippen LogP contribution in [0.5, 0.6) is 0 Å². The number of ether oxygens (including phenoxy) is 1. The van der Waals surface area contributed by atoms with Crippen molar-refractivity contribution < 1.29 is 19.1 Å². The number of halogens is 1. The van der Waals surface area contributed by atoms with Crippen LogP contribution in [0.25, 0.3) is 10.9 Å². The van der Waals surface area contributed by atoms with Gasteiger partial charge in [0.25, 0.3) is 5.91 Å². The fourth-order valence-electron chi connectivity index (χ4n) is 2.37. The lowest BCUT2D eigenvalue weighted by molar-refractivity contribution is -0.119. The highest BCUT2D eigenvalue weighted by Gasteiger charge is 2.18.